The summed E-state index contributed by atoms with van der Waals surface area (Å²) in [5.74, 6) is -1.18. The number of rotatable bonds is 3. The minimum atomic E-state index is -1.66. The standard InChI is InChI=1S/C19H19N3O3/c1-12-4-8-14(9-5-12)20-16(23)19(3)17(24)22(18(25)21-19)15-10-6-13(2)7-11-15/h4-11H,1-3H3,(H,20,23)(H,21,25). The van der Waals surface area contributed by atoms with Gasteiger partial charge in [0.15, 0.2) is 5.54 Å². The zero-order valence-corrected chi connectivity index (χ0v) is 14.3. The molecule has 0 aliphatic carbocycles. The van der Waals surface area contributed by atoms with Crippen LogP contribution in [0.15, 0.2) is 48.5 Å². The van der Waals surface area contributed by atoms with E-state index in [2.05, 4.69) is 10.6 Å². The summed E-state index contributed by atoms with van der Waals surface area (Å²) >= 11 is 0. The molecule has 2 aromatic carbocycles. The van der Waals surface area contributed by atoms with Crippen LogP contribution in [0, 0.1) is 13.8 Å². The van der Waals surface area contributed by atoms with Crippen LogP contribution in [0.25, 0.3) is 0 Å². The quantitative estimate of drug-likeness (QED) is 0.668. The van der Waals surface area contributed by atoms with Crippen LogP contribution in [0.1, 0.15) is 18.1 Å². The number of benzene rings is 2. The summed E-state index contributed by atoms with van der Waals surface area (Å²) in [6.07, 6.45) is 0. The van der Waals surface area contributed by atoms with Gasteiger partial charge in [0.2, 0.25) is 0 Å². The second kappa shape index (κ2) is 6.05. The summed E-state index contributed by atoms with van der Waals surface area (Å²) in [4.78, 5) is 38.7. The van der Waals surface area contributed by atoms with Gasteiger partial charge in [0.05, 0.1) is 5.69 Å². The molecule has 6 nitrogen and oxygen atoms in total. The van der Waals surface area contributed by atoms with Crippen molar-refractivity contribution in [3.05, 3.63) is 59.7 Å². The van der Waals surface area contributed by atoms with E-state index in [1.54, 1.807) is 36.4 Å². The van der Waals surface area contributed by atoms with Crippen LogP contribution in [0.5, 0.6) is 0 Å². The smallest absolute Gasteiger partial charge is 0.324 e. The number of hydrogen-bond acceptors (Lipinski definition) is 3. The molecular formula is C19H19N3O3. The lowest BCUT2D eigenvalue weighted by atomic mass is 10.0. The van der Waals surface area contributed by atoms with E-state index < -0.39 is 23.4 Å². The highest BCUT2D eigenvalue weighted by atomic mass is 16.2. The molecule has 0 radical (unpaired) electrons. The lowest BCUT2D eigenvalue weighted by Crippen LogP contribution is -2.54. The molecule has 6 heteroatoms. The van der Waals surface area contributed by atoms with Crippen LogP contribution in [0.4, 0.5) is 16.2 Å². The summed E-state index contributed by atoms with van der Waals surface area (Å²) in [5, 5.41) is 5.18. The van der Waals surface area contributed by atoms with Gasteiger partial charge in [-0.3, -0.25) is 9.59 Å². The van der Waals surface area contributed by atoms with Crippen molar-refractivity contribution in [3.8, 4) is 0 Å². The van der Waals surface area contributed by atoms with Gasteiger partial charge in [-0.1, -0.05) is 35.4 Å². The molecule has 1 aliphatic rings. The van der Waals surface area contributed by atoms with Crippen LogP contribution < -0.4 is 15.5 Å². The zero-order valence-electron chi connectivity index (χ0n) is 14.3. The van der Waals surface area contributed by atoms with E-state index in [1.807, 2.05) is 26.0 Å². The van der Waals surface area contributed by atoms with Gasteiger partial charge in [-0.2, -0.15) is 0 Å². The van der Waals surface area contributed by atoms with Crippen LogP contribution in [0.3, 0.4) is 0 Å². The Labute approximate surface area is 145 Å². The molecule has 2 N–H and O–H groups in total. The number of carbonyl (C=O) groups is 3. The number of urea groups is 1. The third-order valence-electron chi connectivity index (χ3n) is 4.25. The number of aryl methyl sites for hydroxylation is 2. The highest BCUT2D eigenvalue weighted by molar-refractivity contribution is 6.32. The van der Waals surface area contributed by atoms with Gasteiger partial charge >= 0.3 is 6.03 Å². The lowest BCUT2D eigenvalue weighted by Gasteiger charge is -2.21. The molecule has 1 aliphatic heterocycles. The highest BCUT2D eigenvalue weighted by Crippen LogP contribution is 2.26. The molecule has 3 rings (SSSR count). The van der Waals surface area contributed by atoms with Crippen LogP contribution >= 0.6 is 0 Å². The number of anilines is 2. The lowest BCUT2D eigenvalue weighted by molar-refractivity contribution is -0.131. The molecule has 0 spiro atoms. The Morgan fingerprint density at radius 2 is 1.48 bits per heavy atom. The van der Waals surface area contributed by atoms with Crippen molar-refractivity contribution in [2.75, 3.05) is 10.2 Å². The molecule has 25 heavy (non-hydrogen) atoms. The largest absolute Gasteiger partial charge is 0.330 e. The van der Waals surface area contributed by atoms with Crippen molar-refractivity contribution < 1.29 is 14.4 Å². The molecule has 1 saturated heterocycles. The number of hydrogen-bond donors (Lipinski definition) is 2. The fraction of sp³-hybridized carbons (Fsp3) is 0.211. The number of nitrogens with one attached hydrogen (secondary N) is 2. The van der Waals surface area contributed by atoms with Gasteiger partial charge in [0.25, 0.3) is 11.8 Å². The van der Waals surface area contributed by atoms with E-state index in [4.69, 9.17) is 0 Å². The molecule has 1 heterocycles. The predicted molar refractivity (Wildman–Crippen MR) is 95.4 cm³/mol. The highest BCUT2D eigenvalue weighted by Gasteiger charge is 2.53. The van der Waals surface area contributed by atoms with E-state index in [0.29, 0.717) is 11.4 Å². The van der Waals surface area contributed by atoms with Crippen LogP contribution in [-0.2, 0) is 9.59 Å². The van der Waals surface area contributed by atoms with Crippen molar-refractivity contribution in [2.45, 2.75) is 26.3 Å². The third-order valence-corrected chi connectivity index (χ3v) is 4.25. The number of imide groups is 1. The van der Waals surface area contributed by atoms with Crippen molar-refractivity contribution >= 4 is 29.2 Å². The zero-order chi connectivity index (χ0) is 18.2. The minimum absolute atomic E-state index is 0.431. The van der Waals surface area contributed by atoms with Gasteiger partial charge in [-0.25, -0.2) is 9.69 Å². The average molecular weight is 337 g/mol. The van der Waals surface area contributed by atoms with E-state index >= 15 is 0 Å². The van der Waals surface area contributed by atoms with E-state index in [0.717, 1.165) is 16.0 Å². The fourth-order valence-corrected chi connectivity index (χ4v) is 2.61. The normalized spacial score (nSPS) is 19.7. The maximum Gasteiger partial charge on any atom is 0.330 e. The van der Waals surface area contributed by atoms with E-state index in [-0.39, 0.29) is 0 Å². The fourth-order valence-electron chi connectivity index (χ4n) is 2.61. The molecule has 0 saturated carbocycles. The predicted octanol–water partition coefficient (Wildman–Crippen LogP) is 2.76. The first-order chi connectivity index (χ1) is 11.8. The van der Waals surface area contributed by atoms with Crippen molar-refractivity contribution in [3.63, 3.8) is 0 Å². The Morgan fingerprint density at radius 1 is 0.960 bits per heavy atom. The second-order valence-electron chi connectivity index (χ2n) is 6.35. The first-order valence-corrected chi connectivity index (χ1v) is 7.93. The SMILES string of the molecule is Cc1ccc(NC(=O)C2(C)NC(=O)N(c3ccc(C)cc3)C2=O)cc1. The van der Waals surface area contributed by atoms with E-state index in [9.17, 15) is 14.4 Å². The van der Waals surface area contributed by atoms with E-state index in [1.165, 1.54) is 6.92 Å². The average Bonchev–Trinajstić information content (AvgIpc) is 2.81. The van der Waals surface area contributed by atoms with Crippen LogP contribution in [0.2, 0.25) is 0 Å². The Hall–Kier alpha value is -3.15. The second-order valence-corrected chi connectivity index (χ2v) is 6.35. The minimum Gasteiger partial charge on any atom is -0.324 e. The summed E-state index contributed by atoms with van der Waals surface area (Å²) < 4.78 is 0. The summed E-state index contributed by atoms with van der Waals surface area (Å²) in [6, 6.07) is 13.5. The van der Waals surface area contributed by atoms with Crippen molar-refractivity contribution in [2.24, 2.45) is 0 Å². The summed E-state index contributed by atoms with van der Waals surface area (Å²) in [5.41, 5.74) is 1.40. The van der Waals surface area contributed by atoms with Gasteiger partial charge in [-0.15, -0.1) is 0 Å². The first kappa shape index (κ1) is 16.7. The maximum absolute atomic E-state index is 12.8. The van der Waals surface area contributed by atoms with Crippen LogP contribution in [-0.4, -0.2) is 23.4 Å². The number of nitrogens with zero attached hydrogens (tertiary/aromatic N) is 1. The first-order valence-electron chi connectivity index (χ1n) is 7.93. The molecule has 1 atom stereocenters. The molecule has 1 unspecified atom stereocenters. The van der Waals surface area contributed by atoms with Gasteiger partial charge in [0.1, 0.15) is 0 Å². The van der Waals surface area contributed by atoms with Gasteiger partial charge < -0.3 is 10.6 Å². The maximum atomic E-state index is 12.8. The Bertz CT molecular complexity index is 843. The topological polar surface area (TPSA) is 78.5 Å². The molecule has 4 amide bonds. The number of carbonyl (C=O) groups excluding carboxylic acids is 3. The third kappa shape index (κ3) is 2.98. The molecule has 0 bridgehead atoms. The Kier molecular flexibility index (Phi) is 4.04. The molecule has 1 fully saturated rings. The van der Waals surface area contributed by atoms with Crippen molar-refractivity contribution in [1.29, 1.82) is 0 Å². The monoisotopic (exact) mass is 337 g/mol. The Balaban J connectivity index is 1.84. The molecule has 128 valence electrons. The summed E-state index contributed by atoms with van der Waals surface area (Å²) in [6.45, 7) is 5.26. The molecule has 2 aromatic rings. The summed E-state index contributed by atoms with van der Waals surface area (Å²) in [7, 11) is 0. The number of amides is 4. The Morgan fingerprint density at radius 3 is 2.04 bits per heavy atom. The van der Waals surface area contributed by atoms with Gasteiger partial charge in [-0.05, 0) is 45.0 Å². The van der Waals surface area contributed by atoms with Crippen molar-refractivity contribution in [1.82, 2.24) is 5.32 Å². The van der Waals surface area contributed by atoms with Gasteiger partial charge in [0, 0.05) is 5.69 Å². The molecular weight excluding hydrogens is 318 g/mol. The molecule has 0 aromatic heterocycles.